The van der Waals surface area contributed by atoms with E-state index in [1.165, 1.54) is 13.0 Å². The summed E-state index contributed by atoms with van der Waals surface area (Å²) in [6.45, 7) is 5.00. The second-order valence-corrected chi connectivity index (χ2v) is 12.5. The number of cyclic esters (lactones) is 1. The molecule has 0 spiro atoms. The molecule has 12 atom stereocenters. The molecule has 0 aromatic rings. The third-order valence-electron chi connectivity index (χ3n) is 8.17. The lowest BCUT2D eigenvalue weighted by Crippen LogP contribution is -2.43. The number of esters is 1. The van der Waals surface area contributed by atoms with E-state index in [-0.39, 0.29) is 32.1 Å². The van der Waals surface area contributed by atoms with Gasteiger partial charge in [-0.05, 0) is 45.1 Å². The van der Waals surface area contributed by atoms with E-state index in [9.17, 15) is 55.9 Å². The number of allylic oxidation sites excluding steroid dienone is 8. The lowest BCUT2D eigenvalue weighted by molar-refractivity contribution is -0.168. The minimum atomic E-state index is -1.61. The lowest BCUT2D eigenvalue weighted by Gasteiger charge is -2.30. The zero-order valence-electron chi connectivity index (χ0n) is 27.8. The van der Waals surface area contributed by atoms with E-state index in [0.717, 1.165) is 12.8 Å². The minimum Gasteiger partial charge on any atom is -0.459 e. The predicted octanol–water partition coefficient (Wildman–Crippen LogP) is 0.859. The summed E-state index contributed by atoms with van der Waals surface area (Å²) in [5, 5.41) is 105. The van der Waals surface area contributed by atoms with Crippen LogP contribution in [0.4, 0.5) is 0 Å². The highest BCUT2D eigenvalue weighted by Gasteiger charge is 2.37. The molecule has 0 bridgehead atoms. The van der Waals surface area contributed by atoms with Crippen LogP contribution >= 0.6 is 0 Å². The molecule has 0 aromatic carbocycles. The van der Waals surface area contributed by atoms with Gasteiger partial charge in [0.15, 0.2) is 0 Å². The maximum Gasteiger partial charge on any atom is 0.314 e. The van der Waals surface area contributed by atoms with Crippen LogP contribution in [0, 0.1) is 5.92 Å². The molecule has 0 amide bonds. The van der Waals surface area contributed by atoms with Crippen molar-refractivity contribution in [1.82, 2.24) is 0 Å². The molecule has 12 nitrogen and oxygen atoms in total. The first-order valence-corrected chi connectivity index (χ1v) is 16.5. The van der Waals surface area contributed by atoms with Gasteiger partial charge in [0.05, 0.1) is 42.7 Å². The standard InChI is InChI=1S/C35H58O12/c1-4-5-11-16-29(41)32-30(42)20-26(38)18-24(36)17-25(37)19-27(39)21-31(43)34(45)33(44)22(2)14-12-9-7-6-8-10-13-15-28(40)23(3)47-35(32)46/h6-10,12-15,23-34,36-45H,4-5,11,16-21H2,1-3H3/b7-6+,10-8+,12-9+,15-13+,22-14-/t23-,24-,25+,26-,27+,28-,29+,30-,31+,32?,33+,34+/m0/s1. The molecule has 1 heterocycles. The molecule has 1 rings (SSSR count). The average Bonchev–Trinajstić information content (AvgIpc) is 2.98. The zero-order valence-corrected chi connectivity index (χ0v) is 27.8. The Morgan fingerprint density at radius 2 is 1.21 bits per heavy atom. The Bertz CT molecular complexity index is 1020. The first kappa shape index (κ1) is 42.8. The highest BCUT2D eigenvalue weighted by atomic mass is 16.6. The van der Waals surface area contributed by atoms with E-state index in [2.05, 4.69) is 0 Å². The molecule has 0 aliphatic carbocycles. The molecule has 47 heavy (non-hydrogen) atoms. The summed E-state index contributed by atoms with van der Waals surface area (Å²) in [5.41, 5.74) is 0.357. The van der Waals surface area contributed by atoms with Crippen LogP contribution in [-0.4, -0.2) is 124 Å². The number of aliphatic hydroxyl groups is 10. The molecule has 1 aliphatic rings. The number of unbranched alkanes of at least 4 members (excludes halogenated alkanes) is 2. The number of carbonyl (C=O) groups excluding carboxylic acids is 1. The Balaban J connectivity index is 3.19. The fourth-order valence-corrected chi connectivity index (χ4v) is 5.30. The third-order valence-corrected chi connectivity index (χ3v) is 8.17. The van der Waals surface area contributed by atoms with Gasteiger partial charge in [-0.3, -0.25) is 4.79 Å². The van der Waals surface area contributed by atoms with E-state index in [4.69, 9.17) is 4.74 Å². The number of carbonyl (C=O) groups is 1. The largest absolute Gasteiger partial charge is 0.459 e. The fraction of sp³-hybridized carbons (Fsp3) is 0.686. The number of hydrogen-bond acceptors (Lipinski definition) is 12. The second-order valence-electron chi connectivity index (χ2n) is 12.5. The van der Waals surface area contributed by atoms with Gasteiger partial charge in [-0.1, -0.05) is 80.9 Å². The van der Waals surface area contributed by atoms with Gasteiger partial charge in [-0.25, -0.2) is 0 Å². The van der Waals surface area contributed by atoms with Crippen molar-refractivity contribution >= 4 is 5.97 Å². The highest BCUT2D eigenvalue weighted by molar-refractivity contribution is 5.74. The van der Waals surface area contributed by atoms with E-state index >= 15 is 0 Å². The van der Waals surface area contributed by atoms with E-state index < -0.39 is 85.5 Å². The van der Waals surface area contributed by atoms with Gasteiger partial charge in [-0.15, -0.1) is 0 Å². The van der Waals surface area contributed by atoms with E-state index in [1.807, 2.05) is 6.92 Å². The van der Waals surface area contributed by atoms with Crippen LogP contribution in [0.5, 0.6) is 0 Å². The molecular formula is C35H58O12. The lowest BCUT2D eigenvalue weighted by atomic mass is 9.87. The van der Waals surface area contributed by atoms with Crippen molar-refractivity contribution in [2.24, 2.45) is 5.92 Å². The van der Waals surface area contributed by atoms with Crippen LogP contribution in [0.3, 0.4) is 0 Å². The van der Waals surface area contributed by atoms with Gasteiger partial charge in [0.25, 0.3) is 0 Å². The van der Waals surface area contributed by atoms with Crippen molar-refractivity contribution in [3.63, 3.8) is 0 Å². The van der Waals surface area contributed by atoms with Gasteiger partial charge < -0.3 is 55.8 Å². The Hall–Kier alpha value is -2.23. The normalized spacial score (nSPS) is 39.6. The Kier molecular flexibility index (Phi) is 21.1. The molecule has 10 N–H and O–H groups in total. The summed E-state index contributed by atoms with van der Waals surface area (Å²) in [7, 11) is 0. The van der Waals surface area contributed by atoms with E-state index in [1.54, 1.807) is 55.5 Å². The first-order chi connectivity index (χ1) is 22.2. The monoisotopic (exact) mass is 670 g/mol. The Morgan fingerprint density at radius 3 is 1.77 bits per heavy atom. The van der Waals surface area contributed by atoms with Crippen molar-refractivity contribution in [3.05, 3.63) is 60.3 Å². The quantitative estimate of drug-likeness (QED) is 0.145. The van der Waals surface area contributed by atoms with Crippen LogP contribution in [0.1, 0.15) is 78.6 Å². The van der Waals surface area contributed by atoms with Gasteiger partial charge >= 0.3 is 5.97 Å². The number of rotatable bonds is 5. The molecule has 0 saturated carbocycles. The van der Waals surface area contributed by atoms with Crippen molar-refractivity contribution in [1.29, 1.82) is 0 Å². The molecule has 12 heteroatoms. The predicted molar refractivity (Wildman–Crippen MR) is 177 cm³/mol. The Labute approximate surface area is 278 Å². The van der Waals surface area contributed by atoms with Crippen LogP contribution in [0.2, 0.25) is 0 Å². The minimum absolute atomic E-state index is 0.197. The summed E-state index contributed by atoms with van der Waals surface area (Å²) in [5.74, 6) is -2.37. The second kappa shape index (κ2) is 23.2. The fourth-order valence-electron chi connectivity index (χ4n) is 5.30. The summed E-state index contributed by atoms with van der Waals surface area (Å²) in [6.07, 6.45) is 0.559. The van der Waals surface area contributed by atoms with Crippen molar-refractivity contribution < 1.29 is 60.6 Å². The summed E-state index contributed by atoms with van der Waals surface area (Å²) >= 11 is 0. The Morgan fingerprint density at radius 1 is 0.723 bits per heavy atom. The molecule has 0 fully saturated rings. The number of ether oxygens (including phenoxy) is 1. The molecule has 0 saturated heterocycles. The average molecular weight is 671 g/mol. The molecule has 1 aliphatic heterocycles. The number of hydrogen-bond donors (Lipinski definition) is 10. The van der Waals surface area contributed by atoms with Crippen LogP contribution in [0.25, 0.3) is 0 Å². The topological polar surface area (TPSA) is 229 Å². The van der Waals surface area contributed by atoms with Gasteiger partial charge in [-0.2, -0.15) is 0 Å². The maximum atomic E-state index is 13.1. The molecule has 1 unspecified atom stereocenters. The first-order valence-electron chi connectivity index (χ1n) is 16.5. The third kappa shape index (κ3) is 17.1. The zero-order chi connectivity index (χ0) is 35.5. The summed E-state index contributed by atoms with van der Waals surface area (Å²) in [4.78, 5) is 13.1. The van der Waals surface area contributed by atoms with Crippen LogP contribution in [-0.2, 0) is 9.53 Å². The summed E-state index contributed by atoms with van der Waals surface area (Å²) in [6, 6.07) is 0. The smallest absolute Gasteiger partial charge is 0.314 e. The maximum absolute atomic E-state index is 13.1. The van der Waals surface area contributed by atoms with Gasteiger partial charge in [0.1, 0.15) is 30.3 Å². The van der Waals surface area contributed by atoms with Gasteiger partial charge in [0, 0.05) is 12.8 Å². The summed E-state index contributed by atoms with van der Waals surface area (Å²) < 4.78 is 5.41. The van der Waals surface area contributed by atoms with Gasteiger partial charge in [0.2, 0.25) is 0 Å². The molecular weight excluding hydrogens is 612 g/mol. The van der Waals surface area contributed by atoms with Crippen LogP contribution < -0.4 is 0 Å². The van der Waals surface area contributed by atoms with Crippen molar-refractivity contribution in [2.45, 2.75) is 146 Å². The van der Waals surface area contributed by atoms with Crippen molar-refractivity contribution in [2.75, 3.05) is 0 Å². The van der Waals surface area contributed by atoms with Crippen molar-refractivity contribution in [3.8, 4) is 0 Å². The van der Waals surface area contributed by atoms with Crippen LogP contribution in [0.15, 0.2) is 60.3 Å². The molecule has 0 radical (unpaired) electrons. The highest BCUT2D eigenvalue weighted by Crippen LogP contribution is 2.24. The SMILES string of the molecule is CCCCC[C@@H](O)C1C(=O)O[C@@H](C)[C@@H](O)/C=C/C=C/C=C/C=C/C=C(/C)[C@@H](O)[C@H](O)[C@H](O)C[C@H](O)C[C@H](O)C[C@H](O)C[C@H](O)C[C@@H]1O. The number of aliphatic hydroxyl groups excluding tert-OH is 10. The molecule has 0 aromatic heterocycles. The van der Waals surface area contributed by atoms with E-state index in [0.29, 0.717) is 12.0 Å². The molecule has 270 valence electrons.